The second-order valence-corrected chi connectivity index (χ2v) is 4.57. The average Bonchev–Trinajstić information content (AvgIpc) is 2.53. The van der Waals surface area contributed by atoms with Gasteiger partial charge in [-0.3, -0.25) is 19.6 Å². The van der Waals surface area contributed by atoms with Crippen LogP contribution in [0.15, 0.2) is 49.1 Å². The summed E-state index contributed by atoms with van der Waals surface area (Å²) in [4.78, 5) is 31.0. The molecule has 2 aromatic heterocycles. The molecule has 0 radical (unpaired) electrons. The van der Waals surface area contributed by atoms with E-state index in [0.29, 0.717) is 12.8 Å². The highest BCUT2D eigenvalue weighted by Gasteiger charge is 2.10. The third-order valence-electron chi connectivity index (χ3n) is 2.91. The Morgan fingerprint density at radius 1 is 0.857 bits per heavy atom. The summed E-state index contributed by atoms with van der Waals surface area (Å²) in [5.74, 6) is -1.01. The van der Waals surface area contributed by atoms with Gasteiger partial charge in [-0.15, -0.1) is 0 Å². The van der Waals surface area contributed by atoms with Crippen LogP contribution in [-0.4, -0.2) is 21.9 Å². The van der Waals surface area contributed by atoms with Gasteiger partial charge in [0.25, 0.3) is 0 Å². The predicted octanol–water partition coefficient (Wildman–Crippen LogP) is 2.11. The van der Waals surface area contributed by atoms with Crippen molar-refractivity contribution >= 4 is 11.9 Å². The van der Waals surface area contributed by atoms with E-state index in [9.17, 15) is 9.59 Å². The summed E-state index contributed by atoms with van der Waals surface area (Å²) in [5, 5.41) is 0. The lowest BCUT2D eigenvalue weighted by atomic mass is 10.1. The zero-order valence-corrected chi connectivity index (χ0v) is 11.6. The molecule has 0 unspecified atom stereocenters. The Morgan fingerprint density at radius 2 is 1.33 bits per heavy atom. The molecule has 0 saturated heterocycles. The quantitative estimate of drug-likeness (QED) is 0.600. The molecule has 2 rings (SSSR count). The molecular formula is C16H16N2O3. The molecule has 0 aromatic carbocycles. The van der Waals surface area contributed by atoms with Crippen LogP contribution in [0, 0.1) is 0 Å². The van der Waals surface area contributed by atoms with Crippen molar-refractivity contribution in [2.45, 2.75) is 25.7 Å². The van der Waals surface area contributed by atoms with Crippen molar-refractivity contribution in [1.82, 2.24) is 9.97 Å². The van der Waals surface area contributed by atoms with Gasteiger partial charge in [-0.05, 0) is 36.1 Å². The van der Waals surface area contributed by atoms with Gasteiger partial charge in [-0.1, -0.05) is 12.1 Å². The van der Waals surface area contributed by atoms with E-state index in [4.69, 9.17) is 4.74 Å². The number of carbonyl (C=O) groups is 2. The maximum Gasteiger partial charge on any atom is 0.313 e. The first-order valence-corrected chi connectivity index (χ1v) is 6.75. The molecule has 21 heavy (non-hydrogen) atoms. The number of hydrogen-bond donors (Lipinski definition) is 0. The summed E-state index contributed by atoms with van der Waals surface area (Å²) in [5.41, 5.74) is 1.88. The molecule has 0 aliphatic heterocycles. The van der Waals surface area contributed by atoms with Crippen LogP contribution in [0.2, 0.25) is 0 Å². The third kappa shape index (κ3) is 5.52. The maximum atomic E-state index is 11.6. The molecule has 5 nitrogen and oxygen atoms in total. The van der Waals surface area contributed by atoms with Gasteiger partial charge >= 0.3 is 11.9 Å². The Labute approximate surface area is 123 Å². The molecular weight excluding hydrogens is 268 g/mol. The van der Waals surface area contributed by atoms with Crippen molar-refractivity contribution in [1.29, 1.82) is 0 Å². The number of carbonyl (C=O) groups excluding carboxylic acids is 2. The van der Waals surface area contributed by atoms with Crippen LogP contribution >= 0.6 is 0 Å². The number of hydrogen-bond acceptors (Lipinski definition) is 5. The van der Waals surface area contributed by atoms with Crippen molar-refractivity contribution in [3.63, 3.8) is 0 Å². The van der Waals surface area contributed by atoms with Crippen molar-refractivity contribution in [3.05, 3.63) is 60.2 Å². The number of rotatable bonds is 6. The smallest absolute Gasteiger partial charge is 0.313 e. The van der Waals surface area contributed by atoms with Gasteiger partial charge in [0, 0.05) is 24.8 Å². The average molecular weight is 284 g/mol. The van der Waals surface area contributed by atoms with E-state index in [0.717, 1.165) is 11.1 Å². The van der Waals surface area contributed by atoms with Crippen LogP contribution < -0.4 is 0 Å². The van der Waals surface area contributed by atoms with Crippen molar-refractivity contribution in [3.8, 4) is 0 Å². The van der Waals surface area contributed by atoms with E-state index in [1.54, 1.807) is 36.9 Å². The van der Waals surface area contributed by atoms with Gasteiger partial charge in [-0.25, -0.2) is 0 Å². The van der Waals surface area contributed by atoms with Crippen LogP contribution in [0.4, 0.5) is 0 Å². The molecule has 0 atom stereocenters. The zero-order chi connectivity index (χ0) is 14.9. The van der Waals surface area contributed by atoms with Gasteiger partial charge < -0.3 is 4.74 Å². The molecule has 5 heteroatoms. The minimum absolute atomic E-state index is 0.171. The summed E-state index contributed by atoms with van der Waals surface area (Å²) in [6, 6.07) is 7.37. The molecule has 0 bridgehead atoms. The Kier molecular flexibility index (Phi) is 5.58. The summed E-state index contributed by atoms with van der Waals surface area (Å²) >= 11 is 0. The SMILES string of the molecule is O=C(CCc1cccnc1)OC(=O)CCc1cccnc1. The maximum absolute atomic E-state index is 11.6. The number of nitrogens with zero attached hydrogens (tertiary/aromatic N) is 2. The Hall–Kier alpha value is -2.56. The van der Waals surface area contributed by atoms with E-state index in [2.05, 4.69) is 9.97 Å². The minimum atomic E-state index is -0.505. The Balaban J connectivity index is 1.69. The Bertz CT molecular complexity index is 531. The van der Waals surface area contributed by atoms with Crippen LogP contribution in [0.25, 0.3) is 0 Å². The van der Waals surface area contributed by atoms with Crippen LogP contribution in [0.1, 0.15) is 24.0 Å². The lowest BCUT2D eigenvalue weighted by Gasteiger charge is -2.03. The summed E-state index contributed by atoms with van der Waals surface area (Å²) in [6.45, 7) is 0. The topological polar surface area (TPSA) is 69.2 Å². The number of pyridine rings is 2. The second-order valence-electron chi connectivity index (χ2n) is 4.57. The van der Waals surface area contributed by atoms with E-state index < -0.39 is 11.9 Å². The van der Waals surface area contributed by atoms with Crippen LogP contribution in [0.3, 0.4) is 0 Å². The lowest BCUT2D eigenvalue weighted by molar-refractivity contribution is -0.159. The highest BCUT2D eigenvalue weighted by atomic mass is 16.6. The third-order valence-corrected chi connectivity index (χ3v) is 2.91. The van der Waals surface area contributed by atoms with Crippen LogP contribution in [0.5, 0.6) is 0 Å². The van der Waals surface area contributed by atoms with Crippen molar-refractivity contribution in [2.24, 2.45) is 0 Å². The van der Waals surface area contributed by atoms with Gasteiger partial charge in [0.2, 0.25) is 0 Å². The first-order chi connectivity index (χ1) is 10.2. The Morgan fingerprint density at radius 3 is 1.71 bits per heavy atom. The highest BCUT2D eigenvalue weighted by molar-refractivity contribution is 5.85. The lowest BCUT2D eigenvalue weighted by Crippen LogP contribution is -2.13. The largest absolute Gasteiger partial charge is 0.393 e. The summed E-state index contributed by atoms with van der Waals surface area (Å²) in [6.07, 6.45) is 8.10. The summed E-state index contributed by atoms with van der Waals surface area (Å²) in [7, 11) is 0. The van der Waals surface area contributed by atoms with Crippen LogP contribution in [-0.2, 0) is 27.2 Å². The number of esters is 2. The molecule has 0 aliphatic carbocycles. The fourth-order valence-electron chi connectivity index (χ4n) is 1.81. The normalized spacial score (nSPS) is 10.1. The fraction of sp³-hybridized carbons (Fsp3) is 0.250. The molecule has 0 fully saturated rings. The highest BCUT2D eigenvalue weighted by Crippen LogP contribution is 2.04. The van der Waals surface area contributed by atoms with E-state index in [1.165, 1.54) is 0 Å². The molecule has 2 heterocycles. The fourth-order valence-corrected chi connectivity index (χ4v) is 1.81. The van der Waals surface area contributed by atoms with Gasteiger partial charge in [-0.2, -0.15) is 0 Å². The first kappa shape index (κ1) is 14.8. The number of aryl methyl sites for hydroxylation is 2. The van der Waals surface area contributed by atoms with E-state index in [-0.39, 0.29) is 12.8 Å². The second kappa shape index (κ2) is 7.89. The van der Waals surface area contributed by atoms with E-state index >= 15 is 0 Å². The molecule has 0 saturated carbocycles. The van der Waals surface area contributed by atoms with Crippen molar-refractivity contribution < 1.29 is 14.3 Å². The van der Waals surface area contributed by atoms with Gasteiger partial charge in [0.1, 0.15) is 0 Å². The van der Waals surface area contributed by atoms with E-state index in [1.807, 2.05) is 12.1 Å². The summed E-state index contributed by atoms with van der Waals surface area (Å²) < 4.78 is 4.78. The van der Waals surface area contributed by atoms with Gasteiger partial charge in [0.05, 0.1) is 12.8 Å². The number of aromatic nitrogens is 2. The molecule has 108 valence electrons. The minimum Gasteiger partial charge on any atom is -0.393 e. The molecule has 0 amide bonds. The molecule has 0 aliphatic rings. The monoisotopic (exact) mass is 284 g/mol. The zero-order valence-electron chi connectivity index (χ0n) is 11.6. The molecule has 0 spiro atoms. The molecule has 0 N–H and O–H groups in total. The van der Waals surface area contributed by atoms with Gasteiger partial charge in [0.15, 0.2) is 0 Å². The van der Waals surface area contributed by atoms with Crippen molar-refractivity contribution in [2.75, 3.05) is 0 Å². The standard InChI is InChI=1S/C16H16N2O3/c19-15(7-5-13-3-1-9-17-11-13)21-16(20)8-6-14-4-2-10-18-12-14/h1-4,9-12H,5-8H2. The predicted molar refractivity (Wildman–Crippen MR) is 76.2 cm³/mol. The first-order valence-electron chi connectivity index (χ1n) is 6.75. The molecule has 2 aromatic rings. The number of ether oxygens (including phenoxy) is 1.